The van der Waals surface area contributed by atoms with Gasteiger partial charge >= 0.3 is 0 Å². The summed E-state index contributed by atoms with van der Waals surface area (Å²) >= 11 is 0. The van der Waals surface area contributed by atoms with Crippen molar-refractivity contribution >= 4 is 0 Å². The maximum absolute atomic E-state index is 13.1. The largest absolute Gasteiger partial charge is 0.390 e. The lowest BCUT2D eigenvalue weighted by Gasteiger charge is -2.35. The minimum Gasteiger partial charge on any atom is -0.390 e. The van der Waals surface area contributed by atoms with E-state index in [1.807, 2.05) is 24.4 Å². The first-order chi connectivity index (χ1) is 10.7. The van der Waals surface area contributed by atoms with Crippen molar-refractivity contribution in [1.82, 2.24) is 15.1 Å². The molecule has 1 aliphatic carbocycles. The van der Waals surface area contributed by atoms with E-state index in [0.29, 0.717) is 19.0 Å². The van der Waals surface area contributed by atoms with Gasteiger partial charge < -0.3 is 10.4 Å². The molecule has 22 heavy (non-hydrogen) atoms. The molecule has 118 valence electrons. The molecule has 0 bridgehead atoms. The average Bonchev–Trinajstić information content (AvgIpc) is 2.95. The number of benzene rings is 1. The Labute approximate surface area is 130 Å². The number of nitrogens with zero attached hydrogens (tertiary/aromatic N) is 2. The summed E-state index contributed by atoms with van der Waals surface area (Å²) in [6, 6.07) is 8.71. The van der Waals surface area contributed by atoms with E-state index in [0.717, 1.165) is 5.56 Å². The van der Waals surface area contributed by atoms with Gasteiger partial charge in [-0.2, -0.15) is 5.10 Å². The third-order valence-electron chi connectivity index (χ3n) is 4.38. The van der Waals surface area contributed by atoms with Gasteiger partial charge in [0.25, 0.3) is 0 Å². The van der Waals surface area contributed by atoms with Crippen LogP contribution in [0.25, 0.3) is 0 Å². The highest BCUT2D eigenvalue weighted by Gasteiger charge is 2.28. The third-order valence-corrected chi connectivity index (χ3v) is 4.38. The SMILES string of the molecule is OC(CNC(c1ccc(F)cc1)C1CCC1)Cn1cccn1. The molecule has 0 amide bonds. The Bertz CT molecular complexity index is 566. The molecule has 0 radical (unpaired) electrons. The number of aliphatic hydroxyl groups is 1. The van der Waals surface area contributed by atoms with Crippen LogP contribution in [0.15, 0.2) is 42.7 Å². The molecule has 4 nitrogen and oxygen atoms in total. The van der Waals surface area contributed by atoms with Gasteiger partial charge in [0.05, 0.1) is 12.6 Å². The molecule has 1 aromatic carbocycles. The standard InChI is InChI=1S/C17H22FN3O/c18-15-7-5-14(6-8-15)17(13-3-1-4-13)19-11-16(22)12-21-10-2-9-20-21/h2,5-10,13,16-17,19,22H,1,3-4,11-12H2. The number of hydrogen-bond acceptors (Lipinski definition) is 3. The number of aliphatic hydroxyl groups excluding tert-OH is 1. The molecule has 1 aliphatic rings. The van der Waals surface area contributed by atoms with Crippen LogP contribution in [0, 0.1) is 11.7 Å². The van der Waals surface area contributed by atoms with Crippen LogP contribution >= 0.6 is 0 Å². The van der Waals surface area contributed by atoms with Gasteiger partial charge in [-0.15, -0.1) is 0 Å². The zero-order valence-electron chi connectivity index (χ0n) is 12.5. The number of halogens is 1. The van der Waals surface area contributed by atoms with Gasteiger partial charge in [0.1, 0.15) is 5.82 Å². The lowest BCUT2D eigenvalue weighted by molar-refractivity contribution is 0.130. The first-order valence-electron chi connectivity index (χ1n) is 7.87. The molecule has 1 heterocycles. The molecular weight excluding hydrogens is 281 g/mol. The highest BCUT2D eigenvalue weighted by Crippen LogP contribution is 2.37. The molecule has 0 spiro atoms. The molecule has 5 heteroatoms. The van der Waals surface area contributed by atoms with Crippen molar-refractivity contribution in [2.45, 2.75) is 38.0 Å². The summed E-state index contributed by atoms with van der Waals surface area (Å²) in [5, 5.41) is 17.7. The summed E-state index contributed by atoms with van der Waals surface area (Å²) < 4.78 is 14.8. The molecule has 2 aromatic rings. The predicted octanol–water partition coefficient (Wildman–Crippen LogP) is 2.51. The second-order valence-corrected chi connectivity index (χ2v) is 6.01. The Balaban J connectivity index is 1.59. The van der Waals surface area contributed by atoms with Crippen molar-refractivity contribution in [1.29, 1.82) is 0 Å². The van der Waals surface area contributed by atoms with E-state index < -0.39 is 6.10 Å². The first-order valence-corrected chi connectivity index (χ1v) is 7.87. The van der Waals surface area contributed by atoms with E-state index in [9.17, 15) is 9.50 Å². The topological polar surface area (TPSA) is 50.1 Å². The van der Waals surface area contributed by atoms with Crippen molar-refractivity contribution < 1.29 is 9.50 Å². The first kappa shape index (κ1) is 15.2. The highest BCUT2D eigenvalue weighted by atomic mass is 19.1. The molecule has 1 saturated carbocycles. The summed E-state index contributed by atoms with van der Waals surface area (Å²) in [7, 11) is 0. The van der Waals surface area contributed by atoms with E-state index in [-0.39, 0.29) is 11.9 Å². The summed E-state index contributed by atoms with van der Waals surface area (Å²) in [4.78, 5) is 0. The maximum atomic E-state index is 13.1. The molecule has 0 saturated heterocycles. The van der Waals surface area contributed by atoms with Crippen LogP contribution in [0.3, 0.4) is 0 Å². The third kappa shape index (κ3) is 3.72. The van der Waals surface area contributed by atoms with Crippen LogP contribution in [0.2, 0.25) is 0 Å². The van der Waals surface area contributed by atoms with E-state index in [1.54, 1.807) is 10.9 Å². The van der Waals surface area contributed by atoms with E-state index in [1.165, 1.54) is 31.4 Å². The minimum atomic E-state index is -0.497. The molecular formula is C17H22FN3O. The van der Waals surface area contributed by atoms with Gasteiger partial charge in [0.15, 0.2) is 0 Å². The van der Waals surface area contributed by atoms with Gasteiger partial charge in [0.2, 0.25) is 0 Å². The van der Waals surface area contributed by atoms with Crippen molar-refractivity contribution in [3.63, 3.8) is 0 Å². The fraction of sp³-hybridized carbons (Fsp3) is 0.471. The summed E-state index contributed by atoms with van der Waals surface area (Å²) in [6.07, 6.45) is 6.67. The second kappa shape index (κ2) is 7.03. The average molecular weight is 303 g/mol. The zero-order valence-corrected chi connectivity index (χ0v) is 12.5. The predicted molar refractivity (Wildman–Crippen MR) is 82.7 cm³/mol. The van der Waals surface area contributed by atoms with Crippen LogP contribution in [-0.2, 0) is 6.54 Å². The number of aromatic nitrogens is 2. The summed E-state index contributed by atoms with van der Waals surface area (Å²) in [5.41, 5.74) is 1.09. The molecule has 1 aromatic heterocycles. The quantitative estimate of drug-likeness (QED) is 0.826. The fourth-order valence-corrected chi connectivity index (χ4v) is 2.95. The van der Waals surface area contributed by atoms with Crippen molar-refractivity contribution in [2.24, 2.45) is 5.92 Å². The van der Waals surface area contributed by atoms with E-state index in [2.05, 4.69) is 10.4 Å². The number of nitrogens with one attached hydrogen (secondary N) is 1. The minimum absolute atomic E-state index is 0.182. The lowest BCUT2D eigenvalue weighted by Crippen LogP contribution is -2.38. The lowest BCUT2D eigenvalue weighted by atomic mass is 9.77. The van der Waals surface area contributed by atoms with Crippen LogP contribution < -0.4 is 5.32 Å². The maximum Gasteiger partial charge on any atom is 0.123 e. The van der Waals surface area contributed by atoms with Gasteiger partial charge in [-0.3, -0.25) is 4.68 Å². The Morgan fingerprint density at radius 1 is 1.32 bits per heavy atom. The van der Waals surface area contributed by atoms with Crippen LogP contribution in [0.4, 0.5) is 4.39 Å². The van der Waals surface area contributed by atoms with Gasteiger partial charge in [-0.1, -0.05) is 18.6 Å². The van der Waals surface area contributed by atoms with Gasteiger partial charge in [-0.05, 0) is 42.5 Å². The zero-order chi connectivity index (χ0) is 15.4. The molecule has 1 fully saturated rings. The summed E-state index contributed by atoms with van der Waals surface area (Å²) in [5.74, 6) is 0.359. The Hall–Kier alpha value is -1.72. The Kier molecular flexibility index (Phi) is 4.85. The molecule has 3 rings (SSSR count). The highest BCUT2D eigenvalue weighted by molar-refractivity contribution is 5.21. The Morgan fingerprint density at radius 3 is 2.68 bits per heavy atom. The Morgan fingerprint density at radius 2 is 2.09 bits per heavy atom. The van der Waals surface area contributed by atoms with Crippen molar-refractivity contribution in [3.8, 4) is 0 Å². The van der Waals surface area contributed by atoms with Crippen LogP contribution in [0.5, 0.6) is 0 Å². The van der Waals surface area contributed by atoms with E-state index in [4.69, 9.17) is 0 Å². The van der Waals surface area contributed by atoms with Crippen LogP contribution in [0.1, 0.15) is 30.9 Å². The molecule has 0 aliphatic heterocycles. The smallest absolute Gasteiger partial charge is 0.123 e. The molecule has 2 unspecified atom stereocenters. The van der Waals surface area contributed by atoms with E-state index >= 15 is 0 Å². The second-order valence-electron chi connectivity index (χ2n) is 6.01. The van der Waals surface area contributed by atoms with Crippen molar-refractivity contribution in [2.75, 3.05) is 6.54 Å². The van der Waals surface area contributed by atoms with Gasteiger partial charge in [0, 0.05) is 25.0 Å². The fourth-order valence-electron chi connectivity index (χ4n) is 2.95. The summed E-state index contributed by atoms with van der Waals surface area (Å²) in [6.45, 7) is 0.971. The normalized spacial score (nSPS) is 17.9. The van der Waals surface area contributed by atoms with Crippen molar-refractivity contribution in [3.05, 3.63) is 54.1 Å². The number of hydrogen-bond donors (Lipinski definition) is 2. The number of rotatable bonds is 7. The van der Waals surface area contributed by atoms with Crippen LogP contribution in [-0.4, -0.2) is 27.5 Å². The monoisotopic (exact) mass is 303 g/mol. The molecule has 2 N–H and O–H groups in total. The van der Waals surface area contributed by atoms with Gasteiger partial charge in [-0.25, -0.2) is 4.39 Å². The molecule has 2 atom stereocenters.